The zero-order valence-corrected chi connectivity index (χ0v) is 10.9. The first-order valence-corrected chi connectivity index (χ1v) is 5.39. The molecule has 0 aliphatic carbocycles. The van der Waals surface area contributed by atoms with E-state index >= 15 is 0 Å². The molecule has 0 aromatic carbocycles. The highest BCUT2D eigenvalue weighted by Gasteiger charge is 2.09. The maximum atomic E-state index is 5.55. The van der Waals surface area contributed by atoms with E-state index in [0.717, 1.165) is 23.7 Å². The van der Waals surface area contributed by atoms with E-state index in [1.54, 1.807) is 6.08 Å². The lowest BCUT2D eigenvalue weighted by Gasteiger charge is -2.23. The molecule has 0 rings (SSSR count). The van der Waals surface area contributed by atoms with Gasteiger partial charge >= 0.3 is 0 Å². The first kappa shape index (κ1) is 14.6. The number of hydrogen-bond acceptors (Lipinski definition) is 3. The van der Waals surface area contributed by atoms with E-state index in [0.29, 0.717) is 6.54 Å². The van der Waals surface area contributed by atoms with Gasteiger partial charge in [-0.3, -0.25) is 4.99 Å². The van der Waals surface area contributed by atoms with Gasteiger partial charge in [-0.1, -0.05) is 18.7 Å². The molecule has 0 fully saturated rings. The van der Waals surface area contributed by atoms with Crippen molar-refractivity contribution in [1.29, 1.82) is 0 Å². The molecule has 0 aromatic heterocycles. The van der Waals surface area contributed by atoms with Crippen LogP contribution >= 0.6 is 0 Å². The van der Waals surface area contributed by atoms with Gasteiger partial charge in [-0.15, -0.1) is 0 Å². The van der Waals surface area contributed by atoms with Crippen molar-refractivity contribution < 1.29 is 0 Å². The van der Waals surface area contributed by atoms with Crippen LogP contribution in [0, 0.1) is 0 Å². The van der Waals surface area contributed by atoms with Gasteiger partial charge in [-0.05, 0) is 26.8 Å². The molecule has 2 N–H and O–H groups in total. The lowest BCUT2D eigenvalue weighted by molar-refractivity contribution is 0.430. The van der Waals surface area contributed by atoms with Crippen molar-refractivity contribution in [3.8, 4) is 0 Å². The van der Waals surface area contributed by atoms with Crippen LogP contribution in [0.5, 0.6) is 0 Å². The second kappa shape index (κ2) is 7.01. The molecule has 0 saturated heterocycles. The van der Waals surface area contributed by atoms with E-state index in [1.165, 1.54) is 5.57 Å². The molecule has 0 heterocycles. The van der Waals surface area contributed by atoms with Crippen molar-refractivity contribution in [2.75, 3.05) is 20.1 Å². The Morgan fingerprint density at radius 2 is 1.94 bits per heavy atom. The average molecular weight is 221 g/mol. The SMILES string of the molecule is C=CC(C)=NC(=C)C(=C(C)C)N(C)CCN. The summed E-state index contributed by atoms with van der Waals surface area (Å²) in [6.07, 6.45) is 1.72. The molecule has 0 spiro atoms. The Hall–Kier alpha value is -1.35. The molecule has 0 saturated carbocycles. The Balaban J connectivity index is 5.04. The quantitative estimate of drug-likeness (QED) is 0.552. The highest BCUT2D eigenvalue weighted by molar-refractivity contribution is 5.93. The van der Waals surface area contributed by atoms with E-state index in [4.69, 9.17) is 5.73 Å². The lowest BCUT2D eigenvalue weighted by atomic mass is 10.2. The van der Waals surface area contributed by atoms with Crippen molar-refractivity contribution in [3.63, 3.8) is 0 Å². The third kappa shape index (κ3) is 4.45. The van der Waals surface area contributed by atoms with Crippen LogP contribution in [0.2, 0.25) is 0 Å². The molecular weight excluding hydrogens is 198 g/mol. The van der Waals surface area contributed by atoms with E-state index in [2.05, 4.69) is 23.1 Å². The van der Waals surface area contributed by atoms with E-state index in [-0.39, 0.29) is 0 Å². The van der Waals surface area contributed by atoms with Gasteiger partial charge in [-0.25, -0.2) is 0 Å². The molecule has 0 amide bonds. The average Bonchev–Trinajstić information content (AvgIpc) is 2.17. The topological polar surface area (TPSA) is 41.6 Å². The Morgan fingerprint density at radius 3 is 2.31 bits per heavy atom. The third-order valence-electron chi connectivity index (χ3n) is 2.20. The van der Waals surface area contributed by atoms with Crippen LogP contribution in [-0.2, 0) is 0 Å². The van der Waals surface area contributed by atoms with E-state index in [9.17, 15) is 0 Å². The zero-order valence-electron chi connectivity index (χ0n) is 10.9. The summed E-state index contributed by atoms with van der Waals surface area (Å²) in [5.41, 5.74) is 9.40. The summed E-state index contributed by atoms with van der Waals surface area (Å²) in [7, 11) is 2.00. The van der Waals surface area contributed by atoms with E-state index in [1.807, 2.05) is 27.8 Å². The maximum absolute atomic E-state index is 5.55. The molecular formula is C13H23N3. The van der Waals surface area contributed by atoms with Gasteiger partial charge in [-0.2, -0.15) is 0 Å². The minimum absolute atomic E-state index is 0.616. The Labute approximate surface area is 99.0 Å². The zero-order chi connectivity index (χ0) is 12.7. The van der Waals surface area contributed by atoms with Gasteiger partial charge < -0.3 is 10.6 Å². The fraction of sp³-hybridized carbons (Fsp3) is 0.462. The van der Waals surface area contributed by atoms with Gasteiger partial charge in [0.05, 0.1) is 11.4 Å². The van der Waals surface area contributed by atoms with Crippen molar-refractivity contribution >= 4 is 5.71 Å². The number of likely N-dealkylation sites (N-methyl/N-ethyl adjacent to an activating group) is 1. The minimum Gasteiger partial charge on any atom is -0.372 e. The number of nitrogens with zero attached hydrogens (tertiary/aromatic N) is 2. The number of nitrogens with two attached hydrogens (primary N) is 1. The molecule has 90 valence electrons. The summed E-state index contributed by atoms with van der Waals surface area (Å²) in [5, 5.41) is 0. The second-order valence-corrected chi connectivity index (χ2v) is 3.96. The number of rotatable bonds is 6. The van der Waals surface area contributed by atoms with Crippen molar-refractivity contribution in [2.24, 2.45) is 10.7 Å². The van der Waals surface area contributed by atoms with Gasteiger partial charge in [0.15, 0.2) is 0 Å². The van der Waals surface area contributed by atoms with Crippen LogP contribution in [0.25, 0.3) is 0 Å². The highest BCUT2D eigenvalue weighted by atomic mass is 15.1. The molecule has 0 aliphatic rings. The molecule has 0 aromatic rings. The highest BCUT2D eigenvalue weighted by Crippen LogP contribution is 2.17. The van der Waals surface area contributed by atoms with Gasteiger partial charge in [0, 0.05) is 25.8 Å². The van der Waals surface area contributed by atoms with Crippen LogP contribution in [-0.4, -0.2) is 30.7 Å². The smallest absolute Gasteiger partial charge is 0.0793 e. The maximum Gasteiger partial charge on any atom is 0.0793 e. The first-order chi connectivity index (χ1) is 7.43. The Morgan fingerprint density at radius 1 is 1.38 bits per heavy atom. The molecule has 0 unspecified atom stereocenters. The molecule has 16 heavy (non-hydrogen) atoms. The molecule has 3 nitrogen and oxygen atoms in total. The standard InChI is InChI=1S/C13H23N3/c1-7-11(4)15-12(5)13(10(2)3)16(6)9-8-14/h7H,1,5,8-9,14H2,2-4,6H3. The van der Waals surface area contributed by atoms with Crippen LogP contribution < -0.4 is 5.73 Å². The Bertz CT molecular complexity index is 320. The van der Waals surface area contributed by atoms with Crippen molar-refractivity contribution in [1.82, 2.24) is 4.90 Å². The summed E-state index contributed by atoms with van der Waals surface area (Å²) in [6.45, 7) is 15.1. The molecule has 0 bridgehead atoms. The number of aliphatic imine (C=N–C) groups is 1. The van der Waals surface area contributed by atoms with Crippen LogP contribution in [0.4, 0.5) is 0 Å². The summed E-state index contributed by atoms with van der Waals surface area (Å²) >= 11 is 0. The van der Waals surface area contributed by atoms with E-state index < -0.39 is 0 Å². The van der Waals surface area contributed by atoms with Crippen LogP contribution in [0.1, 0.15) is 20.8 Å². The van der Waals surface area contributed by atoms with Crippen molar-refractivity contribution in [3.05, 3.63) is 36.2 Å². The van der Waals surface area contributed by atoms with Gasteiger partial charge in [0.25, 0.3) is 0 Å². The summed E-state index contributed by atoms with van der Waals surface area (Å²) in [4.78, 5) is 6.47. The summed E-state index contributed by atoms with van der Waals surface area (Å²) in [5.74, 6) is 0. The fourth-order valence-corrected chi connectivity index (χ4v) is 1.51. The fourth-order valence-electron chi connectivity index (χ4n) is 1.51. The predicted octanol–water partition coefficient (Wildman–Crippen LogP) is 2.33. The largest absolute Gasteiger partial charge is 0.372 e. The molecule has 3 heteroatoms. The second-order valence-electron chi connectivity index (χ2n) is 3.96. The molecule has 0 aliphatic heterocycles. The third-order valence-corrected chi connectivity index (χ3v) is 2.20. The van der Waals surface area contributed by atoms with Gasteiger partial charge in [0.2, 0.25) is 0 Å². The monoisotopic (exact) mass is 221 g/mol. The Kier molecular flexibility index (Phi) is 6.42. The minimum atomic E-state index is 0.616. The number of hydrogen-bond donors (Lipinski definition) is 1. The first-order valence-electron chi connectivity index (χ1n) is 5.39. The summed E-state index contributed by atoms with van der Waals surface area (Å²) in [6, 6.07) is 0. The predicted molar refractivity (Wildman–Crippen MR) is 72.5 cm³/mol. The van der Waals surface area contributed by atoms with Crippen molar-refractivity contribution in [2.45, 2.75) is 20.8 Å². The molecule has 0 atom stereocenters. The number of allylic oxidation sites excluding steroid dienone is 2. The summed E-state index contributed by atoms with van der Waals surface area (Å²) < 4.78 is 0. The normalized spacial score (nSPS) is 10.9. The molecule has 0 radical (unpaired) electrons. The van der Waals surface area contributed by atoms with Crippen LogP contribution in [0.3, 0.4) is 0 Å². The van der Waals surface area contributed by atoms with Crippen LogP contribution in [0.15, 0.2) is 41.2 Å². The van der Waals surface area contributed by atoms with Gasteiger partial charge in [0.1, 0.15) is 0 Å². The lowest BCUT2D eigenvalue weighted by Crippen LogP contribution is -2.26.